The van der Waals surface area contributed by atoms with Gasteiger partial charge in [-0.3, -0.25) is 4.79 Å². The second-order valence-electron chi connectivity index (χ2n) is 3.90. The molecule has 2 fully saturated rings. The van der Waals surface area contributed by atoms with Crippen molar-refractivity contribution in [3.8, 4) is 0 Å². The van der Waals surface area contributed by atoms with Crippen LogP contribution < -0.4 is 10.6 Å². The lowest BCUT2D eigenvalue weighted by Gasteiger charge is -2.36. The molecule has 0 radical (unpaired) electrons. The summed E-state index contributed by atoms with van der Waals surface area (Å²) in [6.45, 7) is 3.68. The molecule has 2 rings (SSSR count). The van der Waals surface area contributed by atoms with Crippen molar-refractivity contribution in [3.63, 3.8) is 0 Å². The van der Waals surface area contributed by atoms with E-state index in [0.717, 1.165) is 19.6 Å². The summed E-state index contributed by atoms with van der Waals surface area (Å²) in [6, 6.07) is 1.18. The van der Waals surface area contributed by atoms with Crippen LogP contribution in [-0.4, -0.2) is 37.2 Å². The van der Waals surface area contributed by atoms with Gasteiger partial charge in [0.25, 0.3) is 0 Å². The number of nitrogens with one attached hydrogen (secondary N) is 2. The molecular formula is C9H16N2O2. The summed E-state index contributed by atoms with van der Waals surface area (Å²) in [5.74, 6) is 0.176. The summed E-state index contributed by atoms with van der Waals surface area (Å²) in [7, 11) is 0. The highest BCUT2D eigenvalue weighted by molar-refractivity contribution is 5.77. The van der Waals surface area contributed by atoms with E-state index in [9.17, 15) is 4.79 Å². The first-order chi connectivity index (χ1) is 6.25. The van der Waals surface area contributed by atoms with Crippen molar-refractivity contribution < 1.29 is 9.53 Å². The third-order valence-corrected chi connectivity index (χ3v) is 2.76. The number of hydrogen-bond donors (Lipinski definition) is 2. The number of hydrogen-bond acceptors (Lipinski definition) is 3. The molecule has 2 aliphatic rings. The fraction of sp³-hybridized carbons (Fsp3) is 0.889. The zero-order valence-electron chi connectivity index (χ0n) is 7.88. The van der Waals surface area contributed by atoms with E-state index in [4.69, 9.17) is 4.74 Å². The van der Waals surface area contributed by atoms with E-state index in [1.807, 2.05) is 6.92 Å². The van der Waals surface area contributed by atoms with Crippen molar-refractivity contribution in [1.82, 2.24) is 10.6 Å². The van der Waals surface area contributed by atoms with E-state index in [-0.39, 0.29) is 11.9 Å². The van der Waals surface area contributed by atoms with Gasteiger partial charge in [0.2, 0.25) is 5.91 Å². The summed E-state index contributed by atoms with van der Waals surface area (Å²) < 4.78 is 5.08. The molecule has 2 heterocycles. The SMILES string of the molecule is CC1NC(=O)CCC1NC1COC1. The number of ether oxygens (including phenoxy) is 1. The first-order valence-corrected chi connectivity index (χ1v) is 4.89. The molecule has 2 saturated heterocycles. The van der Waals surface area contributed by atoms with E-state index in [0.29, 0.717) is 18.5 Å². The Morgan fingerprint density at radius 1 is 1.54 bits per heavy atom. The number of piperidine rings is 1. The van der Waals surface area contributed by atoms with Gasteiger partial charge in [0.05, 0.1) is 19.3 Å². The molecule has 2 atom stereocenters. The second-order valence-corrected chi connectivity index (χ2v) is 3.90. The Balaban J connectivity index is 1.80. The molecular weight excluding hydrogens is 168 g/mol. The van der Waals surface area contributed by atoms with Gasteiger partial charge in [-0.1, -0.05) is 0 Å². The maximum absolute atomic E-state index is 11.0. The van der Waals surface area contributed by atoms with Crippen molar-refractivity contribution in [2.45, 2.75) is 37.9 Å². The quantitative estimate of drug-likeness (QED) is 0.616. The number of rotatable bonds is 2. The van der Waals surface area contributed by atoms with Gasteiger partial charge in [0.15, 0.2) is 0 Å². The Morgan fingerprint density at radius 2 is 2.31 bits per heavy atom. The number of carbonyl (C=O) groups is 1. The summed E-state index contributed by atoms with van der Waals surface area (Å²) >= 11 is 0. The van der Waals surface area contributed by atoms with E-state index < -0.39 is 0 Å². The monoisotopic (exact) mass is 184 g/mol. The molecule has 0 spiro atoms. The summed E-state index contributed by atoms with van der Waals surface area (Å²) in [5, 5.41) is 6.43. The zero-order valence-corrected chi connectivity index (χ0v) is 7.88. The third-order valence-electron chi connectivity index (χ3n) is 2.76. The van der Waals surface area contributed by atoms with Crippen molar-refractivity contribution in [3.05, 3.63) is 0 Å². The highest BCUT2D eigenvalue weighted by atomic mass is 16.5. The maximum Gasteiger partial charge on any atom is 0.220 e. The fourth-order valence-electron chi connectivity index (χ4n) is 1.83. The van der Waals surface area contributed by atoms with Crippen LogP contribution in [0, 0.1) is 0 Å². The highest BCUT2D eigenvalue weighted by Crippen LogP contribution is 2.12. The summed E-state index contributed by atoms with van der Waals surface area (Å²) in [5.41, 5.74) is 0. The van der Waals surface area contributed by atoms with Crippen LogP contribution in [0.5, 0.6) is 0 Å². The smallest absolute Gasteiger partial charge is 0.220 e. The molecule has 0 saturated carbocycles. The molecule has 1 amide bonds. The molecule has 0 aromatic heterocycles. The van der Waals surface area contributed by atoms with E-state index in [1.54, 1.807) is 0 Å². The lowest BCUT2D eigenvalue weighted by Crippen LogP contribution is -2.59. The van der Waals surface area contributed by atoms with Crippen LogP contribution >= 0.6 is 0 Å². The van der Waals surface area contributed by atoms with E-state index in [1.165, 1.54) is 0 Å². The minimum Gasteiger partial charge on any atom is -0.378 e. The minimum atomic E-state index is 0.176. The topological polar surface area (TPSA) is 50.4 Å². The Hall–Kier alpha value is -0.610. The normalized spacial score (nSPS) is 35.3. The fourth-order valence-corrected chi connectivity index (χ4v) is 1.83. The van der Waals surface area contributed by atoms with Crippen LogP contribution in [0.1, 0.15) is 19.8 Å². The molecule has 0 aliphatic carbocycles. The predicted octanol–water partition coefficient (Wildman–Crippen LogP) is -0.358. The standard InChI is InChI=1S/C9H16N2O2/c1-6-8(2-3-9(12)10-6)11-7-4-13-5-7/h6-8,11H,2-5H2,1H3,(H,10,12). The Morgan fingerprint density at radius 3 is 2.85 bits per heavy atom. The van der Waals surface area contributed by atoms with Gasteiger partial charge in [-0.15, -0.1) is 0 Å². The van der Waals surface area contributed by atoms with Gasteiger partial charge in [-0.05, 0) is 13.3 Å². The minimum absolute atomic E-state index is 0.176. The van der Waals surface area contributed by atoms with Crippen molar-refractivity contribution >= 4 is 5.91 Å². The molecule has 13 heavy (non-hydrogen) atoms. The molecule has 0 aromatic carbocycles. The van der Waals surface area contributed by atoms with Crippen LogP contribution in [0.15, 0.2) is 0 Å². The second kappa shape index (κ2) is 3.64. The zero-order chi connectivity index (χ0) is 9.26. The Kier molecular flexibility index (Phi) is 2.51. The Labute approximate surface area is 78.0 Å². The van der Waals surface area contributed by atoms with Crippen LogP contribution in [0.4, 0.5) is 0 Å². The number of carbonyl (C=O) groups excluding carboxylic acids is 1. The molecule has 4 nitrogen and oxygen atoms in total. The van der Waals surface area contributed by atoms with Crippen LogP contribution in [-0.2, 0) is 9.53 Å². The van der Waals surface area contributed by atoms with Gasteiger partial charge in [0.1, 0.15) is 0 Å². The van der Waals surface area contributed by atoms with Crippen molar-refractivity contribution in [2.75, 3.05) is 13.2 Å². The summed E-state index contributed by atoms with van der Waals surface area (Å²) in [6.07, 6.45) is 1.60. The molecule has 4 heteroatoms. The molecule has 2 N–H and O–H groups in total. The van der Waals surface area contributed by atoms with Gasteiger partial charge in [-0.25, -0.2) is 0 Å². The average Bonchev–Trinajstić information content (AvgIpc) is 1.99. The van der Waals surface area contributed by atoms with Gasteiger partial charge in [-0.2, -0.15) is 0 Å². The summed E-state index contributed by atoms with van der Waals surface area (Å²) in [4.78, 5) is 11.0. The molecule has 0 aromatic rings. The van der Waals surface area contributed by atoms with Crippen molar-refractivity contribution in [2.24, 2.45) is 0 Å². The molecule has 2 aliphatic heterocycles. The van der Waals surface area contributed by atoms with Crippen LogP contribution in [0.25, 0.3) is 0 Å². The average molecular weight is 184 g/mol. The first kappa shape index (κ1) is 8.97. The molecule has 0 bridgehead atoms. The van der Waals surface area contributed by atoms with Crippen molar-refractivity contribution in [1.29, 1.82) is 0 Å². The predicted molar refractivity (Wildman–Crippen MR) is 48.4 cm³/mol. The van der Waals surface area contributed by atoms with E-state index in [2.05, 4.69) is 10.6 Å². The van der Waals surface area contributed by atoms with Gasteiger partial charge >= 0.3 is 0 Å². The highest BCUT2D eigenvalue weighted by Gasteiger charge is 2.29. The van der Waals surface area contributed by atoms with E-state index >= 15 is 0 Å². The van der Waals surface area contributed by atoms with Gasteiger partial charge < -0.3 is 15.4 Å². The van der Waals surface area contributed by atoms with Crippen LogP contribution in [0.3, 0.4) is 0 Å². The largest absolute Gasteiger partial charge is 0.378 e. The first-order valence-electron chi connectivity index (χ1n) is 4.89. The third kappa shape index (κ3) is 2.00. The van der Waals surface area contributed by atoms with Gasteiger partial charge in [0, 0.05) is 18.5 Å². The maximum atomic E-state index is 11.0. The molecule has 2 unspecified atom stereocenters. The Bertz CT molecular complexity index is 204. The lowest BCUT2D eigenvalue weighted by molar-refractivity contribution is -0.123. The lowest BCUT2D eigenvalue weighted by atomic mass is 9.98. The van der Waals surface area contributed by atoms with Crippen LogP contribution in [0.2, 0.25) is 0 Å². The number of amides is 1. The molecule has 74 valence electrons.